The predicted octanol–water partition coefficient (Wildman–Crippen LogP) is 2.95. The van der Waals surface area contributed by atoms with E-state index < -0.39 is 0 Å². The lowest BCUT2D eigenvalue weighted by atomic mass is 9.90. The molecule has 0 aromatic heterocycles. The van der Waals surface area contributed by atoms with Gasteiger partial charge in [-0.05, 0) is 76.0 Å². The van der Waals surface area contributed by atoms with Crippen LogP contribution in [0.15, 0.2) is 18.2 Å². The Balaban J connectivity index is 1.88. The summed E-state index contributed by atoms with van der Waals surface area (Å²) in [6, 6.07) is 5.73. The van der Waals surface area contributed by atoms with Crippen LogP contribution in [0.2, 0.25) is 0 Å². The first-order chi connectivity index (χ1) is 9.10. The molecule has 1 aromatic rings. The number of aryl methyl sites for hydroxylation is 1. The van der Waals surface area contributed by atoms with Crippen molar-refractivity contribution < 1.29 is 4.39 Å². The fourth-order valence-electron chi connectivity index (χ4n) is 2.92. The van der Waals surface area contributed by atoms with E-state index in [-0.39, 0.29) is 5.82 Å². The van der Waals surface area contributed by atoms with E-state index in [1.54, 1.807) is 12.1 Å². The van der Waals surface area contributed by atoms with Crippen molar-refractivity contribution in [2.75, 3.05) is 20.1 Å². The first-order valence-corrected chi connectivity index (χ1v) is 7.25. The van der Waals surface area contributed by atoms with Crippen LogP contribution >= 0.6 is 0 Å². The van der Waals surface area contributed by atoms with Gasteiger partial charge in [-0.25, -0.2) is 4.39 Å². The Morgan fingerprint density at radius 1 is 1.37 bits per heavy atom. The summed E-state index contributed by atoms with van der Waals surface area (Å²) in [6.07, 6.45) is 2.50. The van der Waals surface area contributed by atoms with Crippen molar-refractivity contribution in [2.24, 2.45) is 5.92 Å². The van der Waals surface area contributed by atoms with E-state index in [1.807, 2.05) is 20.0 Å². The quantitative estimate of drug-likeness (QED) is 0.899. The van der Waals surface area contributed by atoms with Crippen molar-refractivity contribution in [2.45, 2.75) is 39.3 Å². The highest BCUT2D eigenvalue weighted by Crippen LogP contribution is 2.22. The van der Waals surface area contributed by atoms with E-state index in [2.05, 4.69) is 17.1 Å². The second-order valence-electron chi connectivity index (χ2n) is 5.76. The molecule has 1 aliphatic heterocycles. The average Bonchev–Trinajstić information content (AvgIpc) is 2.42. The number of benzene rings is 1. The van der Waals surface area contributed by atoms with E-state index in [1.165, 1.54) is 18.4 Å². The molecule has 1 unspecified atom stereocenters. The zero-order chi connectivity index (χ0) is 13.8. The highest BCUT2D eigenvalue weighted by atomic mass is 19.1. The molecule has 2 rings (SSSR count). The van der Waals surface area contributed by atoms with Gasteiger partial charge in [-0.2, -0.15) is 0 Å². The lowest BCUT2D eigenvalue weighted by Gasteiger charge is -2.35. The van der Waals surface area contributed by atoms with Crippen LogP contribution in [0.25, 0.3) is 0 Å². The fraction of sp³-hybridized carbons (Fsp3) is 0.625. The van der Waals surface area contributed by atoms with Crippen LogP contribution in [0.1, 0.15) is 30.9 Å². The molecule has 1 saturated heterocycles. The zero-order valence-corrected chi connectivity index (χ0v) is 12.2. The van der Waals surface area contributed by atoms with Crippen LogP contribution in [-0.2, 0) is 6.54 Å². The molecular weight excluding hydrogens is 239 g/mol. The van der Waals surface area contributed by atoms with Crippen LogP contribution in [0, 0.1) is 18.7 Å². The number of rotatable bonds is 4. The van der Waals surface area contributed by atoms with Gasteiger partial charge >= 0.3 is 0 Å². The van der Waals surface area contributed by atoms with Gasteiger partial charge in [0.25, 0.3) is 0 Å². The Labute approximate surface area is 116 Å². The first kappa shape index (κ1) is 14.5. The highest BCUT2D eigenvalue weighted by molar-refractivity contribution is 5.26. The molecule has 0 radical (unpaired) electrons. The molecule has 1 aliphatic rings. The van der Waals surface area contributed by atoms with Crippen molar-refractivity contribution >= 4 is 0 Å². The Morgan fingerprint density at radius 2 is 2.05 bits per heavy atom. The fourth-order valence-corrected chi connectivity index (χ4v) is 2.92. The van der Waals surface area contributed by atoms with E-state index in [4.69, 9.17) is 0 Å². The summed E-state index contributed by atoms with van der Waals surface area (Å²) in [5.74, 6) is 0.651. The third-order valence-electron chi connectivity index (χ3n) is 4.49. The molecule has 1 fully saturated rings. The van der Waals surface area contributed by atoms with Gasteiger partial charge in [-0.15, -0.1) is 0 Å². The van der Waals surface area contributed by atoms with Crippen molar-refractivity contribution in [1.29, 1.82) is 0 Å². The SMILES string of the molecule is CNC(C)C1CCN(Cc2ccc(F)cc2C)CC1. The molecule has 106 valence electrons. The Morgan fingerprint density at radius 3 is 2.63 bits per heavy atom. The number of hydrogen-bond donors (Lipinski definition) is 1. The molecule has 0 aliphatic carbocycles. The predicted molar refractivity (Wildman–Crippen MR) is 77.7 cm³/mol. The second kappa shape index (κ2) is 6.49. The standard InChI is InChI=1S/C16H25FN2/c1-12-10-16(17)5-4-15(12)11-19-8-6-14(7-9-19)13(2)18-3/h4-5,10,13-14,18H,6-9,11H2,1-3H3. The highest BCUT2D eigenvalue weighted by Gasteiger charge is 2.23. The molecule has 1 aromatic carbocycles. The minimum atomic E-state index is -0.136. The Bertz CT molecular complexity index is 411. The summed E-state index contributed by atoms with van der Waals surface area (Å²) in [5.41, 5.74) is 2.31. The number of nitrogens with one attached hydrogen (secondary N) is 1. The summed E-state index contributed by atoms with van der Waals surface area (Å²) < 4.78 is 13.1. The molecule has 0 bridgehead atoms. The summed E-state index contributed by atoms with van der Waals surface area (Å²) in [7, 11) is 2.04. The lowest BCUT2D eigenvalue weighted by molar-refractivity contribution is 0.158. The minimum absolute atomic E-state index is 0.136. The second-order valence-corrected chi connectivity index (χ2v) is 5.76. The van der Waals surface area contributed by atoms with Crippen molar-refractivity contribution in [3.8, 4) is 0 Å². The molecular formula is C16H25FN2. The first-order valence-electron chi connectivity index (χ1n) is 7.25. The largest absolute Gasteiger partial charge is 0.317 e. The Kier molecular flexibility index (Phi) is 4.94. The van der Waals surface area contributed by atoms with Gasteiger partial charge in [0.1, 0.15) is 5.82 Å². The monoisotopic (exact) mass is 264 g/mol. The van der Waals surface area contributed by atoms with E-state index in [9.17, 15) is 4.39 Å². The van der Waals surface area contributed by atoms with Crippen molar-refractivity contribution in [3.05, 3.63) is 35.1 Å². The number of halogens is 1. The molecule has 1 heterocycles. The molecule has 0 spiro atoms. The van der Waals surface area contributed by atoms with Gasteiger partial charge in [0.15, 0.2) is 0 Å². The molecule has 0 amide bonds. The van der Waals surface area contributed by atoms with Crippen molar-refractivity contribution in [3.63, 3.8) is 0 Å². The molecule has 1 N–H and O–H groups in total. The van der Waals surface area contributed by atoms with Crippen molar-refractivity contribution in [1.82, 2.24) is 10.2 Å². The maximum Gasteiger partial charge on any atom is 0.123 e. The number of piperidine rings is 1. The summed E-state index contributed by atoms with van der Waals surface area (Å²) in [6.45, 7) is 7.51. The van der Waals surface area contributed by atoms with Gasteiger partial charge < -0.3 is 5.32 Å². The lowest BCUT2D eigenvalue weighted by Crippen LogP contribution is -2.40. The van der Waals surface area contributed by atoms with Crippen LogP contribution in [0.5, 0.6) is 0 Å². The molecule has 2 nitrogen and oxygen atoms in total. The number of likely N-dealkylation sites (tertiary alicyclic amines) is 1. The third-order valence-corrected chi connectivity index (χ3v) is 4.49. The number of hydrogen-bond acceptors (Lipinski definition) is 2. The normalized spacial score (nSPS) is 19.6. The van der Waals surface area contributed by atoms with Gasteiger partial charge in [0.2, 0.25) is 0 Å². The smallest absolute Gasteiger partial charge is 0.123 e. The van der Waals surface area contributed by atoms with E-state index in [0.29, 0.717) is 6.04 Å². The summed E-state index contributed by atoms with van der Waals surface area (Å²) >= 11 is 0. The molecule has 3 heteroatoms. The van der Waals surface area contributed by atoms with Crippen LogP contribution < -0.4 is 5.32 Å². The van der Waals surface area contributed by atoms with Gasteiger partial charge in [-0.3, -0.25) is 4.90 Å². The van der Waals surface area contributed by atoms with Gasteiger partial charge in [-0.1, -0.05) is 6.07 Å². The van der Waals surface area contributed by atoms with Gasteiger partial charge in [0, 0.05) is 12.6 Å². The molecule has 1 atom stereocenters. The number of nitrogens with zero attached hydrogens (tertiary/aromatic N) is 1. The topological polar surface area (TPSA) is 15.3 Å². The maximum absolute atomic E-state index is 13.1. The maximum atomic E-state index is 13.1. The minimum Gasteiger partial charge on any atom is -0.317 e. The molecule has 0 saturated carbocycles. The van der Waals surface area contributed by atoms with Gasteiger partial charge in [0.05, 0.1) is 0 Å². The summed E-state index contributed by atoms with van der Waals surface area (Å²) in [5, 5.41) is 3.35. The van der Waals surface area contributed by atoms with Crippen LogP contribution in [0.3, 0.4) is 0 Å². The van der Waals surface area contributed by atoms with Crippen LogP contribution in [0.4, 0.5) is 4.39 Å². The Hall–Kier alpha value is -0.930. The zero-order valence-electron chi connectivity index (χ0n) is 12.2. The molecule has 19 heavy (non-hydrogen) atoms. The van der Waals surface area contributed by atoms with E-state index in [0.717, 1.165) is 31.1 Å². The van der Waals surface area contributed by atoms with E-state index >= 15 is 0 Å². The third kappa shape index (κ3) is 3.77. The van der Waals surface area contributed by atoms with Crippen LogP contribution in [-0.4, -0.2) is 31.1 Å². The average molecular weight is 264 g/mol. The summed E-state index contributed by atoms with van der Waals surface area (Å²) in [4.78, 5) is 2.49.